The molecule has 0 aliphatic carbocycles. The molecule has 0 saturated carbocycles. The van der Waals surface area contributed by atoms with Gasteiger partial charge in [-0.3, -0.25) is 4.90 Å². The van der Waals surface area contributed by atoms with E-state index in [1.165, 1.54) is 12.8 Å². The highest BCUT2D eigenvalue weighted by atomic mass is 16.5. The summed E-state index contributed by atoms with van der Waals surface area (Å²) < 4.78 is 5.25. The molecule has 1 heterocycles. The number of hydrogen-bond donors (Lipinski definition) is 2. The molecule has 118 valence electrons. The molecule has 1 saturated heterocycles. The molecule has 2 N–H and O–H groups in total. The summed E-state index contributed by atoms with van der Waals surface area (Å²) in [4.78, 5) is 2.44. The first-order valence-corrected chi connectivity index (χ1v) is 7.90. The van der Waals surface area contributed by atoms with E-state index < -0.39 is 0 Å². The zero-order valence-electron chi connectivity index (χ0n) is 13.4. The number of piperidine rings is 1. The van der Waals surface area contributed by atoms with Crippen LogP contribution in [0.3, 0.4) is 0 Å². The second kappa shape index (κ2) is 7.66. The van der Waals surface area contributed by atoms with E-state index in [-0.39, 0.29) is 0 Å². The lowest BCUT2D eigenvalue weighted by Crippen LogP contribution is -2.40. The van der Waals surface area contributed by atoms with Crippen molar-refractivity contribution < 1.29 is 9.84 Å². The van der Waals surface area contributed by atoms with Gasteiger partial charge in [0, 0.05) is 24.7 Å². The standard InChI is InChI=1S/C17H28N2O2/c1-13(2)18-10-14-5-4-8-19(11-14)12-15-9-16(21-3)6-7-17(15)20/h6-7,9,13-14,18,20H,4-5,8,10-12H2,1-3H3. The van der Waals surface area contributed by atoms with E-state index in [0.29, 0.717) is 17.7 Å². The maximum atomic E-state index is 10.0. The largest absolute Gasteiger partial charge is 0.508 e. The first kappa shape index (κ1) is 16.1. The molecule has 21 heavy (non-hydrogen) atoms. The Hall–Kier alpha value is -1.26. The van der Waals surface area contributed by atoms with Crippen LogP contribution in [0, 0.1) is 5.92 Å². The topological polar surface area (TPSA) is 44.7 Å². The van der Waals surface area contributed by atoms with Gasteiger partial charge < -0.3 is 15.2 Å². The van der Waals surface area contributed by atoms with E-state index in [2.05, 4.69) is 24.1 Å². The van der Waals surface area contributed by atoms with Crippen molar-refractivity contribution >= 4 is 0 Å². The lowest BCUT2D eigenvalue weighted by atomic mass is 9.97. The Kier molecular flexibility index (Phi) is 5.88. The van der Waals surface area contributed by atoms with Gasteiger partial charge in [-0.15, -0.1) is 0 Å². The number of nitrogens with one attached hydrogen (secondary N) is 1. The number of benzene rings is 1. The highest BCUT2D eigenvalue weighted by Gasteiger charge is 2.20. The van der Waals surface area contributed by atoms with Gasteiger partial charge in [-0.2, -0.15) is 0 Å². The molecule has 4 heteroatoms. The van der Waals surface area contributed by atoms with Crippen molar-refractivity contribution in [2.24, 2.45) is 5.92 Å². The monoisotopic (exact) mass is 292 g/mol. The van der Waals surface area contributed by atoms with Crippen LogP contribution >= 0.6 is 0 Å². The predicted octanol–water partition coefficient (Wildman–Crippen LogP) is 2.61. The fourth-order valence-corrected chi connectivity index (χ4v) is 2.92. The molecule has 0 spiro atoms. The summed E-state index contributed by atoms with van der Waals surface area (Å²) in [5.41, 5.74) is 0.951. The summed E-state index contributed by atoms with van der Waals surface area (Å²) in [6.07, 6.45) is 2.52. The van der Waals surface area contributed by atoms with Gasteiger partial charge in [-0.25, -0.2) is 0 Å². The molecule has 0 aromatic heterocycles. The minimum atomic E-state index is 0.359. The molecule has 1 fully saturated rings. The van der Waals surface area contributed by atoms with Crippen molar-refractivity contribution in [2.45, 2.75) is 39.3 Å². The highest BCUT2D eigenvalue weighted by Crippen LogP contribution is 2.26. The molecule has 1 aromatic rings. The average Bonchev–Trinajstić information content (AvgIpc) is 2.48. The second-order valence-corrected chi connectivity index (χ2v) is 6.30. The molecular weight excluding hydrogens is 264 g/mol. The van der Waals surface area contributed by atoms with E-state index in [1.807, 2.05) is 6.07 Å². The second-order valence-electron chi connectivity index (χ2n) is 6.30. The molecular formula is C17H28N2O2. The molecule has 4 nitrogen and oxygen atoms in total. The van der Waals surface area contributed by atoms with E-state index in [9.17, 15) is 5.11 Å². The van der Waals surface area contributed by atoms with E-state index in [0.717, 1.165) is 37.5 Å². The maximum absolute atomic E-state index is 10.0. The highest BCUT2D eigenvalue weighted by molar-refractivity contribution is 5.39. The van der Waals surface area contributed by atoms with Crippen LogP contribution in [0.2, 0.25) is 0 Å². The molecule has 2 rings (SSSR count). The van der Waals surface area contributed by atoms with Crippen molar-refractivity contribution in [3.8, 4) is 11.5 Å². The molecule has 0 bridgehead atoms. The van der Waals surface area contributed by atoms with E-state index >= 15 is 0 Å². The molecule has 0 radical (unpaired) electrons. The Morgan fingerprint density at radius 1 is 1.43 bits per heavy atom. The van der Waals surface area contributed by atoms with Gasteiger partial charge >= 0.3 is 0 Å². The molecule has 1 aromatic carbocycles. The number of phenols is 1. The summed E-state index contributed by atoms with van der Waals surface area (Å²) in [5, 5.41) is 13.5. The Labute approximate surface area is 128 Å². The quantitative estimate of drug-likeness (QED) is 0.846. The van der Waals surface area contributed by atoms with Crippen molar-refractivity contribution in [2.75, 3.05) is 26.7 Å². The number of phenolic OH excluding ortho intramolecular Hbond substituents is 1. The van der Waals surface area contributed by atoms with Crippen LogP contribution in [0.15, 0.2) is 18.2 Å². The maximum Gasteiger partial charge on any atom is 0.120 e. The zero-order valence-corrected chi connectivity index (χ0v) is 13.4. The van der Waals surface area contributed by atoms with Crippen LogP contribution in [0.25, 0.3) is 0 Å². The smallest absolute Gasteiger partial charge is 0.120 e. The third-order valence-corrected chi connectivity index (χ3v) is 4.10. The van der Waals surface area contributed by atoms with Gasteiger partial charge in [-0.1, -0.05) is 13.8 Å². The Balaban J connectivity index is 1.93. The minimum Gasteiger partial charge on any atom is -0.508 e. The number of rotatable bonds is 6. The predicted molar refractivity (Wildman–Crippen MR) is 85.8 cm³/mol. The first-order valence-electron chi connectivity index (χ1n) is 7.90. The Morgan fingerprint density at radius 2 is 2.24 bits per heavy atom. The van der Waals surface area contributed by atoms with Crippen molar-refractivity contribution in [3.05, 3.63) is 23.8 Å². The van der Waals surface area contributed by atoms with Gasteiger partial charge in [0.15, 0.2) is 0 Å². The van der Waals surface area contributed by atoms with Gasteiger partial charge in [0.05, 0.1) is 7.11 Å². The van der Waals surface area contributed by atoms with Gasteiger partial charge in [-0.05, 0) is 50.0 Å². The van der Waals surface area contributed by atoms with Gasteiger partial charge in [0.25, 0.3) is 0 Å². The average molecular weight is 292 g/mol. The SMILES string of the molecule is COc1ccc(O)c(CN2CCCC(CNC(C)C)C2)c1. The minimum absolute atomic E-state index is 0.359. The van der Waals surface area contributed by atoms with Crippen LogP contribution in [-0.2, 0) is 6.54 Å². The molecule has 0 amide bonds. The van der Waals surface area contributed by atoms with Crippen molar-refractivity contribution in [1.29, 1.82) is 0 Å². The lowest BCUT2D eigenvalue weighted by molar-refractivity contribution is 0.162. The molecule has 1 atom stereocenters. The first-order chi connectivity index (χ1) is 10.1. The Bertz CT molecular complexity index is 448. The van der Waals surface area contributed by atoms with Crippen molar-refractivity contribution in [1.82, 2.24) is 10.2 Å². The zero-order chi connectivity index (χ0) is 15.2. The number of methoxy groups -OCH3 is 1. The summed E-state index contributed by atoms with van der Waals surface area (Å²) in [6.45, 7) is 8.45. The van der Waals surface area contributed by atoms with Gasteiger partial charge in [0.1, 0.15) is 11.5 Å². The number of nitrogens with zero attached hydrogens (tertiary/aromatic N) is 1. The fraction of sp³-hybridized carbons (Fsp3) is 0.647. The number of aromatic hydroxyl groups is 1. The van der Waals surface area contributed by atoms with E-state index in [4.69, 9.17) is 4.74 Å². The molecule has 1 unspecified atom stereocenters. The fourth-order valence-electron chi connectivity index (χ4n) is 2.92. The molecule has 1 aliphatic rings. The van der Waals surface area contributed by atoms with E-state index in [1.54, 1.807) is 19.2 Å². The summed E-state index contributed by atoms with van der Waals surface area (Å²) in [5.74, 6) is 1.87. The third-order valence-electron chi connectivity index (χ3n) is 4.10. The Morgan fingerprint density at radius 3 is 2.95 bits per heavy atom. The van der Waals surface area contributed by atoms with Crippen LogP contribution < -0.4 is 10.1 Å². The van der Waals surface area contributed by atoms with Crippen molar-refractivity contribution in [3.63, 3.8) is 0 Å². The number of ether oxygens (including phenoxy) is 1. The lowest BCUT2D eigenvalue weighted by Gasteiger charge is -2.33. The summed E-state index contributed by atoms with van der Waals surface area (Å²) in [7, 11) is 1.66. The third kappa shape index (κ3) is 4.90. The number of likely N-dealkylation sites (tertiary alicyclic amines) is 1. The van der Waals surface area contributed by atoms with Crippen LogP contribution in [0.1, 0.15) is 32.3 Å². The summed E-state index contributed by atoms with van der Waals surface area (Å²) >= 11 is 0. The molecule has 1 aliphatic heterocycles. The van der Waals surface area contributed by atoms with Gasteiger partial charge in [0.2, 0.25) is 0 Å². The van der Waals surface area contributed by atoms with Crippen LogP contribution in [-0.4, -0.2) is 42.8 Å². The summed E-state index contributed by atoms with van der Waals surface area (Å²) in [6, 6.07) is 5.99. The van der Waals surface area contributed by atoms with Crippen LogP contribution in [0.5, 0.6) is 11.5 Å². The normalized spacial score (nSPS) is 19.9. The number of hydrogen-bond acceptors (Lipinski definition) is 4. The van der Waals surface area contributed by atoms with Crippen LogP contribution in [0.4, 0.5) is 0 Å².